The molecule has 0 bridgehead atoms. The van der Waals surface area contributed by atoms with Gasteiger partial charge in [-0.3, -0.25) is 29.8 Å². The molecular formula is C19H12N4O7S2. The largest absolute Gasteiger partial charge is 0.354 e. The number of urea groups is 1. The van der Waals surface area contributed by atoms with E-state index >= 15 is 0 Å². The monoisotopic (exact) mass is 472 g/mol. The van der Waals surface area contributed by atoms with E-state index in [1.54, 1.807) is 0 Å². The van der Waals surface area contributed by atoms with E-state index in [2.05, 4.69) is 0 Å². The van der Waals surface area contributed by atoms with Crippen molar-refractivity contribution in [1.29, 1.82) is 0 Å². The van der Waals surface area contributed by atoms with Crippen molar-refractivity contribution in [1.82, 2.24) is 8.61 Å². The molecule has 0 atom stereocenters. The number of benzene rings is 2. The highest BCUT2D eigenvalue weighted by molar-refractivity contribution is 7.98. The van der Waals surface area contributed by atoms with Gasteiger partial charge in [-0.1, -0.05) is 0 Å². The van der Waals surface area contributed by atoms with E-state index in [9.17, 15) is 34.6 Å². The first-order chi connectivity index (χ1) is 15.2. The number of hydrogen-bond donors (Lipinski definition) is 0. The fourth-order valence-electron chi connectivity index (χ4n) is 3.68. The first kappa shape index (κ1) is 21.5. The summed E-state index contributed by atoms with van der Waals surface area (Å²) in [7, 11) is 0. The molecule has 2 aliphatic rings. The molecule has 11 nitrogen and oxygen atoms in total. The number of nitro benzene ring substituents is 2. The van der Waals surface area contributed by atoms with Gasteiger partial charge < -0.3 is 0 Å². The van der Waals surface area contributed by atoms with Crippen LogP contribution < -0.4 is 0 Å². The fourth-order valence-corrected chi connectivity index (χ4v) is 4.72. The second-order valence-corrected chi connectivity index (χ2v) is 8.03. The van der Waals surface area contributed by atoms with Crippen LogP contribution in [0.3, 0.4) is 0 Å². The van der Waals surface area contributed by atoms with Crippen molar-refractivity contribution in [3.63, 3.8) is 0 Å². The number of fused-ring (bicyclic) bond motifs is 3. The second kappa shape index (κ2) is 7.76. The molecule has 162 valence electrons. The van der Waals surface area contributed by atoms with Gasteiger partial charge >= 0.3 is 6.03 Å². The molecule has 1 fully saturated rings. The molecule has 0 N–H and O–H groups in total. The number of carbonyl (C=O) groups excluding carboxylic acids is 3. The highest BCUT2D eigenvalue weighted by Gasteiger charge is 2.46. The summed E-state index contributed by atoms with van der Waals surface area (Å²) in [6.45, 7) is 0. The van der Waals surface area contributed by atoms with Crippen LogP contribution in [-0.4, -0.2) is 48.8 Å². The predicted molar refractivity (Wildman–Crippen MR) is 117 cm³/mol. The summed E-state index contributed by atoms with van der Waals surface area (Å²) in [6.07, 6.45) is 2.99. The number of carbonyl (C=O) groups is 3. The maximum absolute atomic E-state index is 13.2. The minimum atomic E-state index is -0.864. The lowest BCUT2D eigenvalue weighted by Gasteiger charge is -2.31. The molecule has 0 unspecified atom stereocenters. The number of non-ortho nitro benzene ring substituents is 2. The predicted octanol–water partition coefficient (Wildman–Crippen LogP) is 3.63. The number of amides is 4. The molecular weight excluding hydrogens is 460 g/mol. The van der Waals surface area contributed by atoms with Crippen molar-refractivity contribution in [2.24, 2.45) is 0 Å². The highest BCUT2D eigenvalue weighted by atomic mass is 32.2. The van der Waals surface area contributed by atoms with E-state index in [0.717, 1.165) is 32.5 Å². The Bertz CT molecular complexity index is 1260. The minimum Gasteiger partial charge on any atom is -0.267 e. The zero-order valence-electron chi connectivity index (χ0n) is 16.4. The van der Waals surface area contributed by atoms with Crippen LogP contribution in [-0.2, 0) is 9.59 Å². The van der Waals surface area contributed by atoms with E-state index in [4.69, 9.17) is 0 Å². The standard InChI is InChI=1S/C19H12N4O7S2/c1-31-20-17(24)16(18(25)21(32-2)19(20)26)15-12-6-4-9(22(27)28)7-13(12)11-5-3-10(23(29)30)8-14(11)15/h3-8H,1-2H3. The summed E-state index contributed by atoms with van der Waals surface area (Å²) in [5.41, 5.74) is 0.557. The zero-order valence-corrected chi connectivity index (χ0v) is 18.1. The van der Waals surface area contributed by atoms with Crippen LogP contribution in [0.4, 0.5) is 16.2 Å². The third-order valence-electron chi connectivity index (χ3n) is 5.02. The maximum atomic E-state index is 13.2. The molecule has 1 aliphatic heterocycles. The average molecular weight is 472 g/mol. The Balaban J connectivity index is 2.09. The van der Waals surface area contributed by atoms with Crippen LogP contribution in [0.15, 0.2) is 42.0 Å². The summed E-state index contributed by atoms with van der Waals surface area (Å²) >= 11 is 1.64. The normalized spacial score (nSPS) is 15.2. The number of barbiturate groups is 1. The summed E-state index contributed by atoms with van der Waals surface area (Å²) in [4.78, 5) is 60.3. The van der Waals surface area contributed by atoms with Gasteiger partial charge in [0.05, 0.1) is 9.85 Å². The van der Waals surface area contributed by atoms with Crippen LogP contribution >= 0.6 is 23.9 Å². The van der Waals surface area contributed by atoms with E-state index in [0.29, 0.717) is 16.7 Å². The topological polar surface area (TPSA) is 144 Å². The molecule has 4 rings (SSSR count). The van der Waals surface area contributed by atoms with Gasteiger partial charge in [-0.25, -0.2) is 4.79 Å². The van der Waals surface area contributed by atoms with Crippen LogP contribution in [0.25, 0.3) is 16.7 Å². The smallest absolute Gasteiger partial charge is 0.267 e. The second-order valence-electron chi connectivity index (χ2n) is 6.57. The van der Waals surface area contributed by atoms with Crippen LogP contribution in [0.2, 0.25) is 0 Å². The van der Waals surface area contributed by atoms with Gasteiger partial charge in [0.1, 0.15) is 5.57 Å². The van der Waals surface area contributed by atoms with Crippen LogP contribution in [0, 0.1) is 20.2 Å². The van der Waals surface area contributed by atoms with Crippen molar-refractivity contribution >= 4 is 58.7 Å². The van der Waals surface area contributed by atoms with Crippen LogP contribution in [0.1, 0.15) is 11.1 Å². The van der Waals surface area contributed by atoms with E-state index in [1.807, 2.05) is 0 Å². The Labute approximate surface area is 188 Å². The molecule has 2 aromatic carbocycles. The molecule has 4 amide bonds. The van der Waals surface area contributed by atoms with Gasteiger partial charge in [0.25, 0.3) is 23.2 Å². The molecule has 0 radical (unpaired) electrons. The molecule has 1 heterocycles. The minimum absolute atomic E-state index is 0.0918. The Kier molecular flexibility index (Phi) is 5.22. The first-order valence-corrected chi connectivity index (χ1v) is 11.2. The van der Waals surface area contributed by atoms with Crippen LogP contribution in [0.5, 0.6) is 0 Å². The Morgan fingerprint density at radius 3 is 1.62 bits per heavy atom. The number of nitro groups is 2. The highest BCUT2D eigenvalue weighted by Crippen LogP contribution is 2.49. The lowest BCUT2D eigenvalue weighted by molar-refractivity contribution is -0.385. The van der Waals surface area contributed by atoms with Gasteiger partial charge in [0.15, 0.2) is 0 Å². The number of hydrogen-bond acceptors (Lipinski definition) is 9. The molecule has 1 aliphatic carbocycles. The number of rotatable bonds is 4. The molecule has 13 heteroatoms. The summed E-state index contributed by atoms with van der Waals surface area (Å²) in [5, 5.41) is 22.6. The fraction of sp³-hybridized carbons (Fsp3) is 0.105. The number of nitrogens with zero attached hydrogens (tertiary/aromatic N) is 4. The first-order valence-electron chi connectivity index (χ1n) is 8.84. The maximum Gasteiger partial charge on any atom is 0.354 e. The van der Waals surface area contributed by atoms with Crippen molar-refractivity contribution < 1.29 is 24.2 Å². The van der Waals surface area contributed by atoms with E-state index < -0.39 is 27.7 Å². The van der Waals surface area contributed by atoms with Gasteiger partial charge in [0.2, 0.25) is 0 Å². The molecule has 0 spiro atoms. The Morgan fingerprint density at radius 1 is 0.688 bits per heavy atom. The summed E-state index contributed by atoms with van der Waals surface area (Å²) in [6, 6.07) is 6.97. The van der Waals surface area contributed by atoms with Gasteiger partial charge in [0, 0.05) is 42.4 Å². The molecule has 0 aromatic heterocycles. The Morgan fingerprint density at radius 2 is 1.16 bits per heavy atom. The van der Waals surface area contributed by atoms with E-state index in [1.165, 1.54) is 48.9 Å². The summed E-state index contributed by atoms with van der Waals surface area (Å²) < 4.78 is 1.64. The van der Waals surface area contributed by atoms with Crippen molar-refractivity contribution in [3.05, 3.63) is 73.3 Å². The molecule has 1 saturated heterocycles. The van der Waals surface area contributed by atoms with Crippen molar-refractivity contribution in [2.75, 3.05) is 12.5 Å². The molecule has 2 aromatic rings. The molecule has 32 heavy (non-hydrogen) atoms. The SMILES string of the molecule is CSN1C(=O)C(=C2c3cc([N+](=O)[O-])ccc3-c3cc([N+](=O)[O-])ccc32)C(=O)N(SC)C1=O. The summed E-state index contributed by atoms with van der Waals surface area (Å²) in [5.74, 6) is -1.73. The van der Waals surface area contributed by atoms with E-state index in [-0.39, 0.29) is 28.1 Å². The van der Waals surface area contributed by atoms with Crippen molar-refractivity contribution in [3.8, 4) is 11.1 Å². The Hall–Kier alpha value is -3.71. The number of imide groups is 2. The lowest BCUT2D eigenvalue weighted by Crippen LogP contribution is -2.50. The van der Waals surface area contributed by atoms with Gasteiger partial charge in [-0.2, -0.15) is 8.61 Å². The zero-order chi connectivity index (χ0) is 23.3. The van der Waals surface area contributed by atoms with Crippen molar-refractivity contribution in [2.45, 2.75) is 0 Å². The van der Waals surface area contributed by atoms with Gasteiger partial charge in [-0.05, 0) is 58.3 Å². The van der Waals surface area contributed by atoms with Gasteiger partial charge in [-0.15, -0.1) is 0 Å². The average Bonchev–Trinajstić information content (AvgIpc) is 3.07. The molecule has 0 saturated carbocycles. The quantitative estimate of drug-likeness (QED) is 0.183. The third kappa shape index (κ3) is 3.05. The lowest BCUT2D eigenvalue weighted by atomic mass is 9.95. The third-order valence-corrected chi connectivity index (χ3v) is 6.39.